The molecule has 5 heteroatoms. The smallest absolute Gasteiger partial charge is 0.233 e. The van der Waals surface area contributed by atoms with E-state index < -0.39 is 10.8 Å². The minimum atomic E-state index is -1.30. The van der Waals surface area contributed by atoms with Crippen LogP contribution in [0, 0.1) is 6.92 Å². The standard InChI is InChI=1S/C12H12N2O2S/c1-9-8-11(16-2)13-14-12(9)17(15)10-6-4-3-5-7-10/h3-8H,1-2H3. The van der Waals surface area contributed by atoms with Gasteiger partial charge in [0, 0.05) is 11.0 Å². The van der Waals surface area contributed by atoms with Crippen LogP contribution in [0.2, 0.25) is 0 Å². The molecule has 0 saturated heterocycles. The lowest BCUT2D eigenvalue weighted by Crippen LogP contribution is -2.02. The SMILES string of the molecule is COc1cc(C)c(S(=O)c2ccccc2)nn1. The van der Waals surface area contributed by atoms with E-state index in [0.717, 1.165) is 10.5 Å². The van der Waals surface area contributed by atoms with Gasteiger partial charge >= 0.3 is 0 Å². The summed E-state index contributed by atoms with van der Waals surface area (Å²) < 4.78 is 17.2. The fraction of sp³-hybridized carbons (Fsp3) is 0.167. The molecule has 0 aliphatic rings. The highest BCUT2D eigenvalue weighted by molar-refractivity contribution is 7.85. The van der Waals surface area contributed by atoms with Crippen LogP contribution in [0.3, 0.4) is 0 Å². The summed E-state index contributed by atoms with van der Waals surface area (Å²) in [5.74, 6) is 0.427. The van der Waals surface area contributed by atoms with Gasteiger partial charge in [0.2, 0.25) is 5.88 Å². The van der Waals surface area contributed by atoms with Crippen molar-refractivity contribution in [2.24, 2.45) is 0 Å². The number of ether oxygens (including phenoxy) is 1. The van der Waals surface area contributed by atoms with Crippen molar-refractivity contribution in [1.29, 1.82) is 0 Å². The van der Waals surface area contributed by atoms with Crippen LogP contribution >= 0.6 is 0 Å². The largest absolute Gasteiger partial charge is 0.480 e. The Balaban J connectivity index is 2.38. The number of nitrogens with zero attached hydrogens (tertiary/aromatic N) is 2. The molecule has 1 heterocycles. The molecule has 0 N–H and O–H groups in total. The molecule has 17 heavy (non-hydrogen) atoms. The van der Waals surface area contributed by atoms with E-state index >= 15 is 0 Å². The summed E-state index contributed by atoms with van der Waals surface area (Å²) in [5.41, 5.74) is 0.805. The van der Waals surface area contributed by atoms with Crippen molar-refractivity contribution < 1.29 is 8.95 Å². The lowest BCUT2D eigenvalue weighted by atomic mass is 10.3. The van der Waals surface area contributed by atoms with Gasteiger partial charge in [-0.2, -0.15) is 0 Å². The van der Waals surface area contributed by atoms with Crippen molar-refractivity contribution in [3.63, 3.8) is 0 Å². The molecule has 0 fully saturated rings. The summed E-state index contributed by atoms with van der Waals surface area (Å²) in [6.45, 7) is 1.84. The third-order valence-electron chi connectivity index (χ3n) is 2.26. The van der Waals surface area contributed by atoms with Gasteiger partial charge in [0.25, 0.3) is 0 Å². The Labute approximate surface area is 102 Å². The van der Waals surface area contributed by atoms with E-state index in [1.165, 1.54) is 7.11 Å². The number of aryl methyl sites for hydroxylation is 1. The first-order valence-electron chi connectivity index (χ1n) is 5.07. The van der Waals surface area contributed by atoms with Crippen LogP contribution in [0.15, 0.2) is 46.3 Å². The minimum absolute atomic E-state index is 0.427. The molecule has 0 bridgehead atoms. The van der Waals surface area contributed by atoms with Crippen LogP contribution < -0.4 is 4.74 Å². The molecule has 2 aromatic rings. The Morgan fingerprint density at radius 1 is 1.18 bits per heavy atom. The van der Waals surface area contributed by atoms with Crippen molar-refractivity contribution in [1.82, 2.24) is 10.2 Å². The first-order valence-corrected chi connectivity index (χ1v) is 6.22. The Bertz CT molecular complexity index is 543. The van der Waals surface area contributed by atoms with Gasteiger partial charge in [-0.3, -0.25) is 0 Å². The van der Waals surface area contributed by atoms with E-state index in [1.807, 2.05) is 37.3 Å². The van der Waals surface area contributed by atoms with Gasteiger partial charge < -0.3 is 4.74 Å². The number of benzene rings is 1. The molecule has 2 rings (SSSR count). The minimum Gasteiger partial charge on any atom is -0.480 e. The Kier molecular flexibility index (Phi) is 3.49. The highest BCUT2D eigenvalue weighted by Gasteiger charge is 2.12. The van der Waals surface area contributed by atoms with Crippen LogP contribution in [-0.2, 0) is 10.8 Å². The van der Waals surface area contributed by atoms with E-state index in [1.54, 1.807) is 6.07 Å². The molecule has 1 aromatic heterocycles. The molecule has 88 valence electrons. The van der Waals surface area contributed by atoms with Crippen molar-refractivity contribution >= 4 is 10.8 Å². The summed E-state index contributed by atoms with van der Waals surface area (Å²) in [6.07, 6.45) is 0. The number of hydrogen-bond acceptors (Lipinski definition) is 4. The maximum Gasteiger partial charge on any atom is 0.233 e. The van der Waals surface area contributed by atoms with Gasteiger partial charge in [-0.15, -0.1) is 10.2 Å². The first-order chi connectivity index (χ1) is 8.22. The van der Waals surface area contributed by atoms with Crippen molar-refractivity contribution in [3.8, 4) is 5.88 Å². The second-order valence-corrected chi connectivity index (χ2v) is 4.85. The lowest BCUT2D eigenvalue weighted by molar-refractivity contribution is 0.389. The zero-order chi connectivity index (χ0) is 12.3. The first kappa shape index (κ1) is 11.7. The summed E-state index contributed by atoms with van der Waals surface area (Å²) in [5, 5.41) is 8.26. The third-order valence-corrected chi connectivity index (χ3v) is 3.71. The van der Waals surface area contributed by atoms with Gasteiger partial charge in [-0.05, 0) is 24.6 Å². The van der Waals surface area contributed by atoms with Crippen LogP contribution in [-0.4, -0.2) is 21.5 Å². The van der Waals surface area contributed by atoms with Gasteiger partial charge in [-0.25, -0.2) is 4.21 Å². The van der Waals surface area contributed by atoms with E-state index in [4.69, 9.17) is 4.74 Å². The Morgan fingerprint density at radius 3 is 2.47 bits per heavy atom. The molecule has 0 spiro atoms. The maximum absolute atomic E-state index is 12.2. The zero-order valence-corrected chi connectivity index (χ0v) is 10.4. The van der Waals surface area contributed by atoms with E-state index in [9.17, 15) is 4.21 Å². The quantitative estimate of drug-likeness (QED) is 0.833. The molecule has 0 radical (unpaired) electrons. The second kappa shape index (κ2) is 5.05. The van der Waals surface area contributed by atoms with Crippen LogP contribution in [0.4, 0.5) is 0 Å². The maximum atomic E-state index is 12.2. The zero-order valence-electron chi connectivity index (χ0n) is 9.58. The predicted molar refractivity (Wildman–Crippen MR) is 64.4 cm³/mol. The summed E-state index contributed by atoms with van der Waals surface area (Å²) in [4.78, 5) is 0.718. The molecule has 0 saturated carbocycles. The fourth-order valence-electron chi connectivity index (χ4n) is 1.39. The van der Waals surface area contributed by atoms with E-state index in [2.05, 4.69) is 10.2 Å². The number of methoxy groups -OCH3 is 1. The van der Waals surface area contributed by atoms with Crippen molar-refractivity contribution in [2.45, 2.75) is 16.8 Å². The molecular formula is C12H12N2O2S. The predicted octanol–water partition coefficient (Wildman–Crippen LogP) is 1.96. The van der Waals surface area contributed by atoms with Gasteiger partial charge in [-0.1, -0.05) is 18.2 Å². The highest BCUT2D eigenvalue weighted by Crippen LogP contribution is 2.19. The molecule has 0 aliphatic heterocycles. The van der Waals surface area contributed by atoms with Crippen LogP contribution in [0.1, 0.15) is 5.56 Å². The highest BCUT2D eigenvalue weighted by atomic mass is 32.2. The van der Waals surface area contributed by atoms with Gasteiger partial charge in [0.05, 0.1) is 7.11 Å². The second-order valence-electron chi connectivity index (χ2n) is 3.46. The topological polar surface area (TPSA) is 52.1 Å². The summed E-state index contributed by atoms with van der Waals surface area (Å²) in [7, 11) is 0.227. The fourth-order valence-corrected chi connectivity index (χ4v) is 2.48. The van der Waals surface area contributed by atoms with E-state index in [0.29, 0.717) is 10.9 Å². The summed E-state index contributed by atoms with van der Waals surface area (Å²) >= 11 is 0. The molecule has 4 nitrogen and oxygen atoms in total. The average Bonchev–Trinajstić information content (AvgIpc) is 2.39. The number of hydrogen-bond donors (Lipinski definition) is 0. The number of aromatic nitrogens is 2. The monoisotopic (exact) mass is 248 g/mol. The van der Waals surface area contributed by atoms with Gasteiger partial charge in [0.15, 0.2) is 5.03 Å². The van der Waals surface area contributed by atoms with Crippen LogP contribution in [0.25, 0.3) is 0 Å². The van der Waals surface area contributed by atoms with Crippen molar-refractivity contribution in [2.75, 3.05) is 7.11 Å². The van der Waals surface area contributed by atoms with E-state index in [-0.39, 0.29) is 0 Å². The normalized spacial score (nSPS) is 12.1. The van der Waals surface area contributed by atoms with Crippen molar-refractivity contribution in [3.05, 3.63) is 42.0 Å². The number of rotatable bonds is 3. The lowest BCUT2D eigenvalue weighted by Gasteiger charge is -2.05. The summed E-state index contributed by atoms with van der Waals surface area (Å²) in [6, 6.07) is 10.9. The third kappa shape index (κ3) is 2.50. The van der Waals surface area contributed by atoms with Crippen LogP contribution in [0.5, 0.6) is 5.88 Å². The molecule has 1 atom stereocenters. The molecule has 0 aliphatic carbocycles. The Morgan fingerprint density at radius 2 is 1.88 bits per heavy atom. The molecule has 1 unspecified atom stereocenters. The molecule has 0 amide bonds. The van der Waals surface area contributed by atoms with Gasteiger partial charge in [0.1, 0.15) is 10.8 Å². The molecular weight excluding hydrogens is 236 g/mol. The molecule has 1 aromatic carbocycles. The Hall–Kier alpha value is -1.75. The average molecular weight is 248 g/mol.